The van der Waals surface area contributed by atoms with Crippen LogP contribution < -0.4 is 10.5 Å². The molecule has 3 aromatic rings. The fraction of sp³-hybridized carbons (Fsp3) is 0.353. The van der Waals surface area contributed by atoms with Gasteiger partial charge in [0.05, 0.1) is 18.2 Å². The Bertz CT molecular complexity index is 1090. The van der Waals surface area contributed by atoms with Gasteiger partial charge in [0.25, 0.3) is 5.56 Å². The number of aromatic amines is 1. The first-order chi connectivity index (χ1) is 13.0. The highest BCUT2D eigenvalue weighted by molar-refractivity contribution is 5.78. The Morgan fingerprint density at radius 3 is 2.54 bits per heavy atom. The molecule has 150 valence electrons. The third-order valence-corrected chi connectivity index (χ3v) is 4.34. The first-order valence-corrected chi connectivity index (χ1v) is 8.20. The van der Waals surface area contributed by atoms with Gasteiger partial charge in [0.1, 0.15) is 16.9 Å². The smallest absolute Gasteiger partial charge is 0.390 e. The molecule has 0 saturated heterocycles. The highest BCUT2D eigenvalue weighted by Gasteiger charge is 2.32. The van der Waals surface area contributed by atoms with Gasteiger partial charge in [-0.15, -0.1) is 0 Å². The molecule has 0 aliphatic heterocycles. The second-order valence-electron chi connectivity index (χ2n) is 6.44. The SMILES string of the molecule is C[C@@H](c1ccc(C(F)(F)F)cc1F)n1nc(CO)c2c(=O)[nH]c(N(C)C)nc21. The molecule has 7 nitrogen and oxygen atoms in total. The van der Waals surface area contributed by atoms with Crippen LogP contribution in [-0.4, -0.2) is 39.0 Å². The number of halogens is 4. The zero-order chi connectivity index (χ0) is 20.8. The van der Waals surface area contributed by atoms with E-state index in [9.17, 15) is 27.5 Å². The Labute approximate surface area is 156 Å². The van der Waals surface area contributed by atoms with Gasteiger partial charge in [0.15, 0.2) is 5.65 Å². The zero-order valence-electron chi connectivity index (χ0n) is 15.2. The van der Waals surface area contributed by atoms with Gasteiger partial charge in [-0.3, -0.25) is 9.78 Å². The molecule has 0 bridgehead atoms. The number of aliphatic hydroxyl groups is 1. The van der Waals surface area contributed by atoms with Crippen LogP contribution in [0, 0.1) is 5.82 Å². The van der Waals surface area contributed by atoms with Gasteiger partial charge < -0.3 is 10.0 Å². The number of anilines is 1. The van der Waals surface area contributed by atoms with Crippen molar-refractivity contribution < 1.29 is 22.7 Å². The molecule has 0 unspecified atom stereocenters. The summed E-state index contributed by atoms with van der Waals surface area (Å²) in [5.41, 5.74) is -1.58. The molecule has 0 radical (unpaired) electrons. The molecule has 11 heteroatoms. The number of aliphatic hydroxyl groups excluding tert-OH is 1. The fourth-order valence-corrected chi connectivity index (χ4v) is 2.87. The summed E-state index contributed by atoms with van der Waals surface area (Å²) in [5, 5.41) is 13.7. The second kappa shape index (κ2) is 6.89. The van der Waals surface area contributed by atoms with Gasteiger partial charge in [-0.2, -0.15) is 23.3 Å². The Hall–Kier alpha value is -2.95. The number of nitrogens with one attached hydrogen (secondary N) is 1. The molecule has 2 aromatic heterocycles. The Kier molecular flexibility index (Phi) is 4.88. The van der Waals surface area contributed by atoms with Crippen LogP contribution in [-0.2, 0) is 12.8 Å². The van der Waals surface area contributed by atoms with E-state index in [-0.39, 0.29) is 28.2 Å². The first-order valence-electron chi connectivity index (χ1n) is 8.20. The molecule has 3 rings (SSSR count). The summed E-state index contributed by atoms with van der Waals surface area (Å²) in [6.07, 6.45) is -4.67. The van der Waals surface area contributed by atoms with Crippen molar-refractivity contribution in [2.24, 2.45) is 0 Å². The van der Waals surface area contributed by atoms with Crippen molar-refractivity contribution in [2.45, 2.75) is 25.7 Å². The van der Waals surface area contributed by atoms with Crippen molar-refractivity contribution in [2.75, 3.05) is 19.0 Å². The van der Waals surface area contributed by atoms with E-state index in [2.05, 4.69) is 15.1 Å². The highest BCUT2D eigenvalue weighted by atomic mass is 19.4. The molecule has 1 aromatic carbocycles. The van der Waals surface area contributed by atoms with E-state index >= 15 is 0 Å². The van der Waals surface area contributed by atoms with E-state index in [4.69, 9.17) is 0 Å². The number of alkyl halides is 3. The van der Waals surface area contributed by atoms with Crippen LogP contribution in [0.15, 0.2) is 23.0 Å². The van der Waals surface area contributed by atoms with Crippen molar-refractivity contribution in [3.05, 3.63) is 51.2 Å². The lowest BCUT2D eigenvalue weighted by atomic mass is 10.0. The lowest BCUT2D eigenvalue weighted by Crippen LogP contribution is -2.20. The van der Waals surface area contributed by atoms with E-state index in [1.807, 2.05) is 0 Å². The molecule has 0 spiro atoms. The summed E-state index contributed by atoms with van der Waals surface area (Å²) in [7, 11) is 3.30. The van der Waals surface area contributed by atoms with Crippen LogP contribution in [0.4, 0.5) is 23.5 Å². The van der Waals surface area contributed by atoms with Gasteiger partial charge in [-0.1, -0.05) is 6.07 Å². The van der Waals surface area contributed by atoms with Crippen molar-refractivity contribution >= 4 is 17.0 Å². The van der Waals surface area contributed by atoms with E-state index in [0.717, 1.165) is 12.1 Å². The predicted octanol–water partition coefficient (Wildman–Crippen LogP) is 2.45. The van der Waals surface area contributed by atoms with Crippen molar-refractivity contribution in [3.63, 3.8) is 0 Å². The molecule has 28 heavy (non-hydrogen) atoms. The molecule has 0 saturated carbocycles. The minimum atomic E-state index is -4.67. The maximum absolute atomic E-state index is 14.4. The van der Waals surface area contributed by atoms with Crippen LogP contribution in [0.1, 0.15) is 29.8 Å². The molecular weight excluding hydrogens is 382 g/mol. The van der Waals surface area contributed by atoms with Crippen LogP contribution in [0.2, 0.25) is 0 Å². The van der Waals surface area contributed by atoms with Crippen molar-refractivity contribution in [1.29, 1.82) is 0 Å². The van der Waals surface area contributed by atoms with E-state index in [1.54, 1.807) is 19.0 Å². The minimum Gasteiger partial charge on any atom is -0.390 e. The maximum Gasteiger partial charge on any atom is 0.416 e. The quantitative estimate of drug-likeness (QED) is 0.658. The second-order valence-corrected chi connectivity index (χ2v) is 6.44. The molecule has 0 aliphatic carbocycles. The van der Waals surface area contributed by atoms with E-state index in [1.165, 1.54) is 11.6 Å². The lowest BCUT2D eigenvalue weighted by Gasteiger charge is -2.17. The van der Waals surface area contributed by atoms with Gasteiger partial charge in [-0.05, 0) is 19.1 Å². The summed E-state index contributed by atoms with van der Waals surface area (Å²) in [6, 6.07) is 1.33. The normalized spacial score (nSPS) is 13.1. The number of rotatable bonds is 4. The first kappa shape index (κ1) is 19.8. The fourth-order valence-electron chi connectivity index (χ4n) is 2.87. The lowest BCUT2D eigenvalue weighted by molar-refractivity contribution is -0.137. The highest BCUT2D eigenvalue weighted by Crippen LogP contribution is 2.32. The van der Waals surface area contributed by atoms with Crippen LogP contribution in [0.5, 0.6) is 0 Å². The van der Waals surface area contributed by atoms with Gasteiger partial charge in [0, 0.05) is 19.7 Å². The molecule has 0 amide bonds. The van der Waals surface area contributed by atoms with E-state index in [0.29, 0.717) is 6.07 Å². The molecule has 0 aliphatic rings. The largest absolute Gasteiger partial charge is 0.416 e. The van der Waals surface area contributed by atoms with E-state index < -0.39 is 35.8 Å². The standard InChI is InChI=1S/C17H17F4N5O2/c1-8(10-5-4-9(6-11(10)18)17(19,20)21)26-14-13(12(7-27)24-26)15(28)23-16(22-14)25(2)3/h4-6,8,27H,7H2,1-3H3,(H,22,23,28)/t8-/m0/s1. The molecule has 1 atom stereocenters. The Balaban J connectivity index is 2.19. The van der Waals surface area contributed by atoms with Gasteiger partial charge in [0.2, 0.25) is 5.95 Å². The summed E-state index contributed by atoms with van der Waals surface area (Å²) in [5.74, 6) is -0.850. The van der Waals surface area contributed by atoms with Gasteiger partial charge >= 0.3 is 6.18 Å². The number of hydrogen-bond acceptors (Lipinski definition) is 5. The third kappa shape index (κ3) is 3.33. The number of nitrogens with zero attached hydrogens (tertiary/aromatic N) is 4. The Morgan fingerprint density at radius 2 is 2.00 bits per heavy atom. The Morgan fingerprint density at radius 1 is 1.32 bits per heavy atom. The average molecular weight is 399 g/mol. The minimum absolute atomic E-state index is 0.0345. The number of aromatic nitrogens is 4. The average Bonchev–Trinajstić information content (AvgIpc) is 2.99. The van der Waals surface area contributed by atoms with Crippen molar-refractivity contribution in [1.82, 2.24) is 19.7 Å². The maximum atomic E-state index is 14.4. The van der Waals surface area contributed by atoms with Crippen LogP contribution in [0.3, 0.4) is 0 Å². The molecular formula is C17H17F4N5O2. The third-order valence-electron chi connectivity index (χ3n) is 4.34. The number of fused-ring (bicyclic) bond motifs is 1. The van der Waals surface area contributed by atoms with Crippen LogP contribution in [0.25, 0.3) is 11.0 Å². The number of benzene rings is 1. The molecule has 2 heterocycles. The van der Waals surface area contributed by atoms with Gasteiger partial charge in [-0.25, -0.2) is 9.07 Å². The van der Waals surface area contributed by atoms with Crippen molar-refractivity contribution in [3.8, 4) is 0 Å². The topological polar surface area (TPSA) is 87.0 Å². The zero-order valence-corrected chi connectivity index (χ0v) is 15.2. The monoisotopic (exact) mass is 399 g/mol. The summed E-state index contributed by atoms with van der Waals surface area (Å²) in [4.78, 5) is 20.8. The summed E-state index contributed by atoms with van der Waals surface area (Å²) in [6.45, 7) is 0.954. The number of H-pyrrole nitrogens is 1. The predicted molar refractivity (Wildman–Crippen MR) is 93.6 cm³/mol. The summed E-state index contributed by atoms with van der Waals surface area (Å²) >= 11 is 0. The number of hydrogen-bond donors (Lipinski definition) is 2. The molecule has 2 N–H and O–H groups in total. The molecule has 0 fully saturated rings. The summed E-state index contributed by atoms with van der Waals surface area (Å²) < 4.78 is 54.0. The van der Waals surface area contributed by atoms with Crippen LogP contribution >= 0.6 is 0 Å².